The summed E-state index contributed by atoms with van der Waals surface area (Å²) in [5.41, 5.74) is 2.85. The van der Waals surface area contributed by atoms with Crippen LogP contribution in [0.4, 0.5) is 0 Å². The van der Waals surface area contributed by atoms with Gasteiger partial charge in [0.2, 0.25) is 6.71 Å². The van der Waals surface area contributed by atoms with Gasteiger partial charge in [-0.3, -0.25) is 0 Å². The van der Waals surface area contributed by atoms with E-state index >= 15 is 0 Å². The highest BCUT2D eigenvalue weighted by Gasteiger charge is 2.27. The minimum atomic E-state index is 0.182. The van der Waals surface area contributed by atoms with Crippen LogP contribution in [-0.2, 0) is 0 Å². The first-order valence-electron chi connectivity index (χ1n) is 9.84. The van der Waals surface area contributed by atoms with E-state index in [0.29, 0.717) is 6.71 Å². The molecule has 0 aromatic heterocycles. The Morgan fingerprint density at radius 2 is 1.21 bits per heavy atom. The first-order valence-corrected chi connectivity index (χ1v) is 12.3. The number of rotatable bonds is 6. The first-order chi connectivity index (χ1) is 13.0. The molecule has 0 unspecified atom stereocenters. The summed E-state index contributed by atoms with van der Waals surface area (Å²) in [7, 11) is 0. The maximum absolute atomic E-state index is 3.63. The molecule has 150 valence electrons. The van der Waals surface area contributed by atoms with Gasteiger partial charge >= 0.3 is 0 Å². The molecule has 0 nitrogen and oxygen atoms in total. The second-order valence-electron chi connectivity index (χ2n) is 9.08. The third kappa shape index (κ3) is 7.69. The van der Waals surface area contributed by atoms with Gasteiger partial charge in [-0.15, -0.1) is 23.5 Å². The van der Waals surface area contributed by atoms with E-state index in [1.54, 1.807) is 0 Å². The number of benzene rings is 2. The van der Waals surface area contributed by atoms with E-state index in [0.717, 1.165) is 6.32 Å². The highest BCUT2D eigenvalue weighted by atomic mass is 79.9. The van der Waals surface area contributed by atoms with Crippen molar-refractivity contribution in [1.29, 1.82) is 0 Å². The molecule has 2 aromatic carbocycles. The normalized spacial score (nSPS) is 12.9. The topological polar surface area (TPSA) is 0 Å². The average Bonchev–Trinajstić information content (AvgIpc) is 2.54. The van der Waals surface area contributed by atoms with Gasteiger partial charge in [0.25, 0.3) is 0 Å². The lowest BCUT2D eigenvalue weighted by Crippen LogP contribution is -2.44. The number of hydrogen-bond donors (Lipinski definition) is 0. The predicted molar refractivity (Wildman–Crippen MR) is 137 cm³/mol. The Bertz CT molecular complexity index is 752. The van der Waals surface area contributed by atoms with Gasteiger partial charge in [0.05, 0.1) is 0 Å². The van der Waals surface area contributed by atoms with Gasteiger partial charge in [-0.05, 0) is 29.9 Å². The zero-order valence-corrected chi connectivity index (χ0v) is 21.4. The maximum Gasteiger partial charge on any atom is 0.216 e. The standard InChI is InChI=1S/C24H32BBrS2/c1-18(26)16-17-25(19-12-8-10-14-21(19)27-23(2,3)4)20-13-9-11-15-22(20)28-24(5,6)7/h8-16H,17H2,1-7H3. The molecule has 0 saturated heterocycles. The predicted octanol–water partition coefficient (Wildman–Crippen LogP) is 7.38. The van der Waals surface area contributed by atoms with Gasteiger partial charge < -0.3 is 0 Å². The van der Waals surface area contributed by atoms with Crippen molar-refractivity contribution < 1.29 is 0 Å². The molecule has 28 heavy (non-hydrogen) atoms. The van der Waals surface area contributed by atoms with Gasteiger partial charge in [-0.25, -0.2) is 0 Å². The third-order valence-electron chi connectivity index (χ3n) is 4.06. The summed E-state index contributed by atoms with van der Waals surface area (Å²) < 4.78 is 1.56. The summed E-state index contributed by atoms with van der Waals surface area (Å²) in [5.74, 6) is 0. The molecule has 0 N–H and O–H groups in total. The Kier molecular flexibility index (Phi) is 8.43. The summed E-state index contributed by atoms with van der Waals surface area (Å²) >= 11 is 7.56. The average molecular weight is 475 g/mol. The smallest absolute Gasteiger partial charge is 0.121 e. The third-order valence-corrected chi connectivity index (χ3v) is 6.79. The molecule has 0 spiro atoms. The molecule has 0 amide bonds. The van der Waals surface area contributed by atoms with E-state index in [4.69, 9.17) is 0 Å². The van der Waals surface area contributed by atoms with Crippen molar-refractivity contribution in [3.8, 4) is 0 Å². The second-order valence-corrected chi connectivity index (χ2v) is 14.1. The van der Waals surface area contributed by atoms with Crippen LogP contribution in [0, 0.1) is 0 Å². The fourth-order valence-corrected chi connectivity index (χ4v) is 5.54. The Morgan fingerprint density at radius 3 is 1.57 bits per heavy atom. The van der Waals surface area contributed by atoms with Crippen molar-refractivity contribution in [3.05, 3.63) is 59.1 Å². The van der Waals surface area contributed by atoms with E-state index < -0.39 is 0 Å². The number of thioether (sulfide) groups is 2. The van der Waals surface area contributed by atoms with Gasteiger partial charge in [-0.1, -0.05) is 111 Å². The van der Waals surface area contributed by atoms with E-state index in [1.165, 1.54) is 25.2 Å². The van der Waals surface area contributed by atoms with E-state index in [9.17, 15) is 0 Å². The molecular formula is C24H32BBrS2. The fourth-order valence-electron chi connectivity index (χ4n) is 3.08. The molecule has 0 saturated carbocycles. The van der Waals surface area contributed by atoms with Crippen LogP contribution in [0.5, 0.6) is 0 Å². The SMILES string of the molecule is CC(Br)=CCB(c1ccccc1SC(C)(C)C)c1ccccc1SC(C)(C)C. The van der Waals surface area contributed by atoms with Crippen molar-refractivity contribution in [3.63, 3.8) is 0 Å². The molecule has 2 aromatic rings. The second kappa shape index (κ2) is 9.95. The van der Waals surface area contributed by atoms with E-state index in [2.05, 4.69) is 119 Å². The van der Waals surface area contributed by atoms with Gasteiger partial charge in [0.1, 0.15) is 0 Å². The Morgan fingerprint density at radius 1 is 0.821 bits per heavy atom. The number of hydrogen-bond acceptors (Lipinski definition) is 2. The largest absolute Gasteiger partial charge is 0.216 e. The van der Waals surface area contributed by atoms with Crippen molar-refractivity contribution in [2.45, 2.75) is 74.1 Å². The lowest BCUT2D eigenvalue weighted by atomic mass is 9.38. The number of halogens is 1. The summed E-state index contributed by atoms with van der Waals surface area (Å²) in [6.07, 6.45) is 3.29. The molecule has 0 aliphatic heterocycles. The van der Waals surface area contributed by atoms with E-state index in [1.807, 2.05) is 23.5 Å². The summed E-state index contributed by atoms with van der Waals surface area (Å²) in [5, 5.41) is 0. The van der Waals surface area contributed by atoms with Crippen LogP contribution in [0.2, 0.25) is 6.32 Å². The number of allylic oxidation sites excluding steroid dienone is 2. The maximum atomic E-state index is 3.63. The van der Waals surface area contributed by atoms with Crippen molar-refractivity contribution in [1.82, 2.24) is 0 Å². The fraction of sp³-hybridized carbons (Fsp3) is 0.417. The Balaban J connectivity index is 2.59. The molecule has 0 aliphatic carbocycles. The quantitative estimate of drug-likeness (QED) is 0.316. The molecule has 0 atom stereocenters. The summed E-state index contributed by atoms with van der Waals surface area (Å²) in [6, 6.07) is 17.9. The first kappa shape index (κ1) is 23.7. The molecule has 0 fully saturated rings. The highest BCUT2D eigenvalue weighted by molar-refractivity contribution is 9.11. The van der Waals surface area contributed by atoms with Crippen molar-refractivity contribution >= 4 is 57.1 Å². The zero-order valence-electron chi connectivity index (χ0n) is 18.2. The minimum Gasteiger partial charge on any atom is -0.121 e. The van der Waals surface area contributed by atoms with Crippen LogP contribution >= 0.6 is 39.5 Å². The monoisotopic (exact) mass is 474 g/mol. The lowest BCUT2D eigenvalue weighted by molar-refractivity contribution is 0.803. The van der Waals surface area contributed by atoms with E-state index in [-0.39, 0.29) is 9.49 Å². The van der Waals surface area contributed by atoms with Crippen LogP contribution < -0.4 is 10.9 Å². The van der Waals surface area contributed by atoms with Gasteiger partial charge in [-0.2, -0.15) is 0 Å². The molecular weight excluding hydrogens is 443 g/mol. The molecule has 4 heteroatoms. The lowest BCUT2D eigenvalue weighted by Gasteiger charge is -2.25. The zero-order chi connectivity index (χ0) is 20.9. The molecule has 2 rings (SSSR count). The molecule has 0 radical (unpaired) electrons. The summed E-state index contributed by atoms with van der Waals surface area (Å²) in [4.78, 5) is 2.77. The van der Waals surface area contributed by atoms with Crippen LogP contribution in [0.1, 0.15) is 48.5 Å². The van der Waals surface area contributed by atoms with Gasteiger partial charge in [0.15, 0.2) is 0 Å². The Hall–Kier alpha value is -0.575. The van der Waals surface area contributed by atoms with Crippen molar-refractivity contribution in [2.24, 2.45) is 0 Å². The minimum absolute atomic E-state index is 0.182. The van der Waals surface area contributed by atoms with Crippen LogP contribution in [0.25, 0.3) is 0 Å². The van der Waals surface area contributed by atoms with Crippen molar-refractivity contribution in [2.75, 3.05) is 0 Å². The van der Waals surface area contributed by atoms with Crippen LogP contribution in [0.3, 0.4) is 0 Å². The van der Waals surface area contributed by atoms with Crippen LogP contribution in [-0.4, -0.2) is 16.2 Å². The molecule has 0 heterocycles. The van der Waals surface area contributed by atoms with Crippen LogP contribution in [0.15, 0.2) is 68.9 Å². The van der Waals surface area contributed by atoms with Gasteiger partial charge in [0, 0.05) is 19.3 Å². The molecule has 0 aliphatic rings. The summed E-state index contributed by atoms with van der Waals surface area (Å²) in [6.45, 7) is 16.2. The Labute approximate surface area is 189 Å². The molecule has 0 bridgehead atoms. The highest BCUT2D eigenvalue weighted by Crippen LogP contribution is 2.33.